The summed E-state index contributed by atoms with van der Waals surface area (Å²) >= 11 is 0. The normalized spacial score (nSPS) is 20.6. The number of aliphatic hydroxyl groups is 1. The van der Waals surface area contributed by atoms with E-state index in [0.29, 0.717) is 18.9 Å². The fraction of sp³-hybridized carbons (Fsp3) is 0.474. The highest BCUT2D eigenvalue weighted by Gasteiger charge is 2.27. The van der Waals surface area contributed by atoms with Crippen LogP contribution in [0.15, 0.2) is 24.3 Å². The molecule has 2 unspecified atom stereocenters. The van der Waals surface area contributed by atoms with Gasteiger partial charge in [0.2, 0.25) is 0 Å². The maximum atomic E-state index is 12.4. The van der Waals surface area contributed by atoms with Crippen molar-refractivity contribution in [2.24, 2.45) is 5.92 Å². The molecule has 0 spiro atoms. The van der Waals surface area contributed by atoms with Crippen molar-refractivity contribution in [3.05, 3.63) is 41.1 Å². The van der Waals surface area contributed by atoms with Gasteiger partial charge in [-0.25, -0.2) is 9.48 Å². The first-order valence-electron chi connectivity index (χ1n) is 8.73. The van der Waals surface area contributed by atoms with Crippen LogP contribution in [0.2, 0.25) is 0 Å². The zero-order chi connectivity index (χ0) is 18.1. The van der Waals surface area contributed by atoms with Gasteiger partial charge in [0.15, 0.2) is 5.82 Å². The molecule has 1 aromatic carbocycles. The lowest BCUT2D eigenvalue weighted by Crippen LogP contribution is -2.47. The molecular weight excluding hydrogens is 316 g/mol. The number of hydrogen-bond donors (Lipinski definition) is 2. The third-order valence-electron chi connectivity index (χ3n) is 4.78. The van der Waals surface area contributed by atoms with E-state index in [1.807, 2.05) is 24.6 Å². The predicted molar refractivity (Wildman–Crippen MR) is 98.2 cm³/mol. The molecule has 1 aromatic heterocycles. The summed E-state index contributed by atoms with van der Waals surface area (Å²) in [4.78, 5) is 14.1. The Hall–Kier alpha value is -2.34. The average molecular weight is 342 g/mol. The van der Waals surface area contributed by atoms with Gasteiger partial charge in [-0.2, -0.15) is 0 Å². The Bertz CT molecular complexity index is 763. The largest absolute Gasteiger partial charge is 0.391 e. The van der Waals surface area contributed by atoms with E-state index in [0.717, 1.165) is 17.8 Å². The first kappa shape index (κ1) is 17.5. The molecule has 0 saturated carbocycles. The van der Waals surface area contributed by atoms with Crippen molar-refractivity contribution in [1.82, 2.24) is 14.7 Å². The van der Waals surface area contributed by atoms with Crippen molar-refractivity contribution in [2.75, 3.05) is 18.4 Å². The topological polar surface area (TPSA) is 70.4 Å². The van der Waals surface area contributed by atoms with Crippen LogP contribution in [0.3, 0.4) is 0 Å². The van der Waals surface area contributed by atoms with E-state index in [-0.39, 0.29) is 11.9 Å². The summed E-state index contributed by atoms with van der Waals surface area (Å²) in [6, 6.07) is 7.91. The van der Waals surface area contributed by atoms with Crippen molar-refractivity contribution >= 4 is 11.8 Å². The number of anilines is 1. The summed E-state index contributed by atoms with van der Waals surface area (Å²) < 4.78 is 1.84. The third-order valence-corrected chi connectivity index (χ3v) is 4.78. The first-order chi connectivity index (χ1) is 11.8. The summed E-state index contributed by atoms with van der Waals surface area (Å²) in [6.45, 7) is 9.10. The molecule has 0 bridgehead atoms. The van der Waals surface area contributed by atoms with E-state index in [2.05, 4.69) is 42.5 Å². The van der Waals surface area contributed by atoms with E-state index in [4.69, 9.17) is 0 Å². The van der Waals surface area contributed by atoms with Gasteiger partial charge in [-0.3, -0.25) is 5.32 Å². The molecule has 0 radical (unpaired) electrons. The average Bonchev–Trinajstić information content (AvgIpc) is 2.89. The standard InChI is InChI=1S/C19H26N4O2/c1-12-7-13(2)9-16(8-12)23-15(4)10-18(21-23)20-19(25)22-6-5-14(3)17(24)11-22/h7-10,14,17,24H,5-6,11H2,1-4H3,(H,20,21,25). The molecule has 6 nitrogen and oxygen atoms in total. The number of piperidine rings is 1. The maximum Gasteiger partial charge on any atom is 0.323 e. The van der Waals surface area contributed by atoms with Crippen molar-refractivity contribution in [3.8, 4) is 5.69 Å². The molecule has 1 aliphatic heterocycles. The third kappa shape index (κ3) is 3.85. The quantitative estimate of drug-likeness (QED) is 0.881. The number of β-amino-alcohol motifs (C(OH)–C–C–N with tert-alkyl or cyclic N) is 1. The fourth-order valence-corrected chi connectivity index (χ4v) is 3.29. The van der Waals surface area contributed by atoms with Crippen molar-refractivity contribution < 1.29 is 9.90 Å². The zero-order valence-corrected chi connectivity index (χ0v) is 15.3. The van der Waals surface area contributed by atoms with Crippen LogP contribution in [0.4, 0.5) is 10.6 Å². The van der Waals surface area contributed by atoms with E-state index < -0.39 is 6.10 Å². The van der Waals surface area contributed by atoms with Gasteiger partial charge in [-0.05, 0) is 56.4 Å². The lowest BCUT2D eigenvalue weighted by Gasteiger charge is -2.33. The number of aliphatic hydroxyl groups excluding tert-OH is 1. The minimum atomic E-state index is -0.464. The van der Waals surface area contributed by atoms with Gasteiger partial charge >= 0.3 is 6.03 Å². The van der Waals surface area contributed by atoms with Crippen molar-refractivity contribution in [2.45, 2.75) is 40.2 Å². The Kier molecular flexibility index (Phi) is 4.81. The summed E-state index contributed by atoms with van der Waals surface area (Å²) in [5.41, 5.74) is 4.28. The van der Waals surface area contributed by atoms with Crippen LogP contribution in [0.1, 0.15) is 30.2 Å². The van der Waals surface area contributed by atoms with Gasteiger partial charge in [-0.1, -0.05) is 13.0 Å². The molecule has 1 aliphatic rings. The van der Waals surface area contributed by atoms with Crippen LogP contribution in [0.25, 0.3) is 5.69 Å². The molecule has 1 fully saturated rings. The Balaban J connectivity index is 1.75. The number of nitrogens with one attached hydrogen (secondary N) is 1. The number of hydrogen-bond acceptors (Lipinski definition) is 3. The Morgan fingerprint density at radius 1 is 1.20 bits per heavy atom. The van der Waals surface area contributed by atoms with Crippen LogP contribution in [-0.4, -0.2) is 45.0 Å². The van der Waals surface area contributed by atoms with Gasteiger partial charge in [0, 0.05) is 24.8 Å². The van der Waals surface area contributed by atoms with Gasteiger partial charge in [-0.15, -0.1) is 5.10 Å². The molecule has 1 saturated heterocycles. The summed E-state index contributed by atoms with van der Waals surface area (Å²) in [5.74, 6) is 0.754. The number of aromatic nitrogens is 2. The molecule has 134 valence electrons. The van der Waals surface area contributed by atoms with Crippen molar-refractivity contribution in [3.63, 3.8) is 0 Å². The first-order valence-corrected chi connectivity index (χ1v) is 8.73. The van der Waals surface area contributed by atoms with E-state index >= 15 is 0 Å². The lowest BCUT2D eigenvalue weighted by atomic mass is 9.96. The summed E-state index contributed by atoms with van der Waals surface area (Å²) in [7, 11) is 0. The highest BCUT2D eigenvalue weighted by molar-refractivity contribution is 5.88. The fourth-order valence-electron chi connectivity index (χ4n) is 3.29. The van der Waals surface area contributed by atoms with Gasteiger partial charge in [0.1, 0.15) is 0 Å². The molecule has 25 heavy (non-hydrogen) atoms. The highest BCUT2D eigenvalue weighted by Crippen LogP contribution is 2.20. The number of carbonyl (C=O) groups excluding carboxylic acids is 1. The lowest BCUT2D eigenvalue weighted by molar-refractivity contribution is 0.0463. The minimum Gasteiger partial charge on any atom is -0.391 e. The Labute approximate surface area is 148 Å². The number of likely N-dealkylation sites (tertiary alicyclic amines) is 1. The number of amides is 2. The SMILES string of the molecule is Cc1cc(C)cc(-n2nc(NC(=O)N3CCC(C)C(O)C3)cc2C)c1. The number of carbonyl (C=O) groups is 1. The molecule has 2 aromatic rings. The second kappa shape index (κ2) is 6.88. The monoisotopic (exact) mass is 342 g/mol. The molecule has 6 heteroatoms. The molecule has 2 amide bonds. The predicted octanol–water partition coefficient (Wildman–Crippen LogP) is 3.03. The van der Waals surface area contributed by atoms with E-state index in [1.165, 1.54) is 11.1 Å². The van der Waals surface area contributed by atoms with Gasteiger partial charge in [0.05, 0.1) is 11.8 Å². The molecule has 2 N–H and O–H groups in total. The van der Waals surface area contributed by atoms with Gasteiger partial charge in [0.25, 0.3) is 0 Å². The number of benzene rings is 1. The number of urea groups is 1. The van der Waals surface area contributed by atoms with Crippen LogP contribution in [-0.2, 0) is 0 Å². The maximum absolute atomic E-state index is 12.4. The van der Waals surface area contributed by atoms with E-state index in [1.54, 1.807) is 4.90 Å². The highest BCUT2D eigenvalue weighted by atomic mass is 16.3. The molecule has 3 rings (SSSR count). The molecule has 2 heterocycles. The second-order valence-corrected chi connectivity index (χ2v) is 7.14. The number of rotatable bonds is 2. The van der Waals surface area contributed by atoms with Crippen LogP contribution in [0.5, 0.6) is 0 Å². The molecule has 0 aliphatic carbocycles. The van der Waals surface area contributed by atoms with E-state index in [9.17, 15) is 9.90 Å². The Morgan fingerprint density at radius 3 is 2.52 bits per heavy atom. The summed E-state index contributed by atoms with van der Waals surface area (Å²) in [5, 5.41) is 17.3. The number of aryl methyl sites for hydroxylation is 3. The minimum absolute atomic E-state index is 0.212. The molecule has 2 atom stereocenters. The van der Waals surface area contributed by atoms with Crippen LogP contribution in [0, 0.1) is 26.7 Å². The van der Waals surface area contributed by atoms with Crippen LogP contribution < -0.4 is 5.32 Å². The zero-order valence-electron chi connectivity index (χ0n) is 15.3. The smallest absolute Gasteiger partial charge is 0.323 e. The van der Waals surface area contributed by atoms with Gasteiger partial charge < -0.3 is 10.0 Å². The van der Waals surface area contributed by atoms with Crippen LogP contribution >= 0.6 is 0 Å². The second-order valence-electron chi connectivity index (χ2n) is 7.14. The number of nitrogens with zero attached hydrogens (tertiary/aromatic N) is 3. The molecular formula is C19H26N4O2. The van der Waals surface area contributed by atoms with Crippen molar-refractivity contribution in [1.29, 1.82) is 0 Å². The Morgan fingerprint density at radius 2 is 1.88 bits per heavy atom. The summed E-state index contributed by atoms with van der Waals surface area (Å²) in [6.07, 6.45) is 0.346.